The summed E-state index contributed by atoms with van der Waals surface area (Å²) in [5.41, 5.74) is 0.659. The fraction of sp³-hybridized carbons (Fsp3) is 0.0556. The molecule has 1 N–H and O–H groups in total. The molecule has 0 aliphatic carbocycles. The molecule has 6 nitrogen and oxygen atoms in total. The number of nitro groups is 1. The van der Waals surface area contributed by atoms with E-state index < -0.39 is 16.6 Å². The topological polar surface area (TPSA) is 81.5 Å². The first kappa shape index (κ1) is 18.8. The Morgan fingerprint density at radius 1 is 1.26 bits per heavy atom. The predicted octanol–water partition coefficient (Wildman–Crippen LogP) is 5.28. The van der Waals surface area contributed by atoms with Gasteiger partial charge in [-0.15, -0.1) is 11.3 Å². The third-order valence-corrected chi connectivity index (χ3v) is 4.82. The zero-order valence-corrected chi connectivity index (χ0v) is 15.2. The van der Waals surface area contributed by atoms with E-state index in [1.807, 2.05) is 0 Å². The van der Waals surface area contributed by atoms with Gasteiger partial charge in [0.25, 0.3) is 11.6 Å². The van der Waals surface area contributed by atoms with E-state index in [1.165, 1.54) is 41.7 Å². The van der Waals surface area contributed by atoms with Crippen LogP contribution in [0.25, 0.3) is 0 Å². The summed E-state index contributed by atoms with van der Waals surface area (Å²) in [5, 5.41) is 15.3. The first-order chi connectivity index (χ1) is 12.9. The van der Waals surface area contributed by atoms with Gasteiger partial charge in [0.2, 0.25) is 0 Å². The molecule has 0 radical (unpaired) electrons. The van der Waals surface area contributed by atoms with Gasteiger partial charge in [-0.1, -0.05) is 23.7 Å². The molecule has 9 heteroatoms. The summed E-state index contributed by atoms with van der Waals surface area (Å²) in [6, 6.07) is 11.4. The number of rotatable bonds is 6. The molecule has 1 aromatic heterocycles. The zero-order chi connectivity index (χ0) is 19.4. The summed E-state index contributed by atoms with van der Waals surface area (Å²) in [4.78, 5) is 23.0. The number of hydrogen-bond acceptors (Lipinski definition) is 5. The number of para-hydroxylation sites is 1. The van der Waals surface area contributed by atoms with Gasteiger partial charge in [-0.2, -0.15) is 0 Å². The summed E-state index contributed by atoms with van der Waals surface area (Å²) in [6.45, 7) is 0.0995. The lowest BCUT2D eigenvalue weighted by molar-refractivity contribution is -0.384. The monoisotopic (exact) mass is 406 g/mol. The maximum atomic E-state index is 13.5. The van der Waals surface area contributed by atoms with Crippen LogP contribution < -0.4 is 10.1 Å². The molecular weight excluding hydrogens is 395 g/mol. The largest absolute Gasteiger partial charge is 0.486 e. The number of nitrogens with zero attached hydrogens (tertiary/aromatic N) is 1. The molecule has 3 aromatic rings. The van der Waals surface area contributed by atoms with Crippen molar-refractivity contribution in [2.24, 2.45) is 0 Å². The minimum Gasteiger partial charge on any atom is -0.486 e. The first-order valence-electron chi connectivity index (χ1n) is 7.64. The number of hydrogen-bond donors (Lipinski definition) is 1. The lowest BCUT2D eigenvalue weighted by Gasteiger charge is -2.06. The lowest BCUT2D eigenvalue weighted by Crippen LogP contribution is -2.10. The Morgan fingerprint density at radius 2 is 2.04 bits per heavy atom. The van der Waals surface area contributed by atoms with Crippen molar-refractivity contribution in [1.29, 1.82) is 0 Å². The third kappa shape index (κ3) is 4.60. The second-order valence-corrected chi connectivity index (χ2v) is 6.73. The normalized spacial score (nSPS) is 10.4. The van der Waals surface area contributed by atoms with Crippen LogP contribution in [0.3, 0.4) is 0 Å². The van der Waals surface area contributed by atoms with Crippen LogP contribution in [0.15, 0.2) is 53.9 Å². The number of anilines is 1. The molecule has 1 heterocycles. The van der Waals surface area contributed by atoms with Gasteiger partial charge in [0.05, 0.1) is 20.5 Å². The van der Waals surface area contributed by atoms with Crippen molar-refractivity contribution in [2.75, 3.05) is 5.32 Å². The molecule has 3 rings (SSSR count). The SMILES string of the molecule is O=C(Nc1cc([N+](=O)[O-])ccc1Cl)c1cc(COc2ccccc2F)cs1. The minimum absolute atomic E-state index is 0.0995. The van der Waals surface area contributed by atoms with Crippen molar-refractivity contribution in [3.63, 3.8) is 0 Å². The molecule has 0 saturated carbocycles. The summed E-state index contributed by atoms with van der Waals surface area (Å²) in [6.07, 6.45) is 0. The van der Waals surface area contributed by atoms with E-state index in [-0.39, 0.29) is 28.8 Å². The van der Waals surface area contributed by atoms with Crippen LogP contribution in [0.4, 0.5) is 15.8 Å². The third-order valence-electron chi connectivity index (χ3n) is 3.52. The van der Waals surface area contributed by atoms with Crippen LogP contribution in [0.5, 0.6) is 5.75 Å². The number of carbonyl (C=O) groups is 1. The van der Waals surface area contributed by atoms with Crippen molar-refractivity contribution in [2.45, 2.75) is 6.61 Å². The molecule has 138 valence electrons. The van der Waals surface area contributed by atoms with Gasteiger partial charge >= 0.3 is 0 Å². The Balaban J connectivity index is 1.67. The molecular formula is C18H12ClFN2O4S. The van der Waals surface area contributed by atoms with Gasteiger partial charge in [0.15, 0.2) is 11.6 Å². The van der Waals surface area contributed by atoms with E-state index in [0.29, 0.717) is 10.4 Å². The number of nitrogens with one attached hydrogen (secondary N) is 1. The molecule has 0 fully saturated rings. The quantitative estimate of drug-likeness (QED) is 0.446. The lowest BCUT2D eigenvalue weighted by atomic mass is 10.2. The van der Waals surface area contributed by atoms with Crippen molar-refractivity contribution in [3.8, 4) is 5.75 Å². The number of amides is 1. The molecule has 0 aliphatic heterocycles. The van der Waals surface area contributed by atoms with Crippen LogP contribution in [0.2, 0.25) is 5.02 Å². The van der Waals surface area contributed by atoms with Gasteiger partial charge in [-0.25, -0.2) is 4.39 Å². The predicted molar refractivity (Wildman–Crippen MR) is 101 cm³/mol. The number of thiophene rings is 1. The molecule has 0 bridgehead atoms. The van der Waals surface area contributed by atoms with Crippen LogP contribution in [0, 0.1) is 15.9 Å². The fourth-order valence-electron chi connectivity index (χ4n) is 2.20. The smallest absolute Gasteiger partial charge is 0.271 e. The van der Waals surface area contributed by atoms with E-state index in [0.717, 1.165) is 0 Å². The molecule has 0 saturated heterocycles. The number of ether oxygens (including phenoxy) is 1. The Bertz CT molecular complexity index is 1010. The fourth-order valence-corrected chi connectivity index (χ4v) is 3.16. The highest BCUT2D eigenvalue weighted by Gasteiger charge is 2.15. The Kier molecular flexibility index (Phi) is 5.68. The number of carbonyl (C=O) groups excluding carboxylic acids is 1. The average molecular weight is 407 g/mol. The molecule has 27 heavy (non-hydrogen) atoms. The van der Waals surface area contributed by atoms with E-state index in [4.69, 9.17) is 16.3 Å². The minimum atomic E-state index is -0.574. The second kappa shape index (κ2) is 8.15. The Hall–Kier alpha value is -2.97. The van der Waals surface area contributed by atoms with Gasteiger partial charge in [0, 0.05) is 17.7 Å². The van der Waals surface area contributed by atoms with Crippen LogP contribution in [0.1, 0.15) is 15.2 Å². The van der Waals surface area contributed by atoms with Crippen LogP contribution >= 0.6 is 22.9 Å². The van der Waals surface area contributed by atoms with E-state index in [1.54, 1.807) is 23.6 Å². The van der Waals surface area contributed by atoms with Gasteiger partial charge in [-0.05, 0) is 29.6 Å². The molecule has 0 atom stereocenters. The second-order valence-electron chi connectivity index (χ2n) is 5.41. The molecule has 1 amide bonds. The maximum absolute atomic E-state index is 13.5. The van der Waals surface area contributed by atoms with Crippen molar-refractivity contribution in [1.82, 2.24) is 0 Å². The van der Waals surface area contributed by atoms with Crippen molar-refractivity contribution >= 4 is 40.2 Å². The maximum Gasteiger partial charge on any atom is 0.271 e. The standard InChI is InChI=1S/C18H12ClFN2O4S/c19-13-6-5-12(22(24)25)8-15(13)21-18(23)17-7-11(10-27-17)9-26-16-4-2-1-3-14(16)20/h1-8,10H,9H2,(H,21,23). The average Bonchev–Trinajstić information content (AvgIpc) is 3.12. The molecule has 0 unspecified atom stereocenters. The van der Waals surface area contributed by atoms with Crippen molar-refractivity contribution < 1.29 is 18.8 Å². The number of halogens is 2. The van der Waals surface area contributed by atoms with E-state index in [2.05, 4.69) is 5.32 Å². The summed E-state index contributed by atoms with van der Waals surface area (Å²) in [5.74, 6) is -0.802. The Morgan fingerprint density at radius 3 is 2.78 bits per heavy atom. The summed E-state index contributed by atoms with van der Waals surface area (Å²) >= 11 is 7.15. The molecule has 0 aliphatic rings. The zero-order valence-electron chi connectivity index (χ0n) is 13.6. The highest BCUT2D eigenvalue weighted by Crippen LogP contribution is 2.28. The van der Waals surface area contributed by atoms with E-state index in [9.17, 15) is 19.3 Å². The van der Waals surface area contributed by atoms with Crippen molar-refractivity contribution in [3.05, 3.63) is 85.3 Å². The summed E-state index contributed by atoms with van der Waals surface area (Å²) in [7, 11) is 0. The number of nitro benzene ring substituents is 1. The van der Waals surface area contributed by atoms with Gasteiger partial charge in [-0.3, -0.25) is 14.9 Å². The van der Waals surface area contributed by atoms with Crippen LogP contribution in [-0.4, -0.2) is 10.8 Å². The first-order valence-corrected chi connectivity index (χ1v) is 8.90. The van der Waals surface area contributed by atoms with E-state index >= 15 is 0 Å². The van der Waals surface area contributed by atoms with Gasteiger partial charge in [0.1, 0.15) is 6.61 Å². The highest BCUT2D eigenvalue weighted by molar-refractivity contribution is 7.12. The molecule has 2 aromatic carbocycles. The molecule has 0 spiro atoms. The number of non-ortho nitro benzene ring substituents is 1. The van der Waals surface area contributed by atoms with Crippen LogP contribution in [-0.2, 0) is 6.61 Å². The Labute approximate surface area is 162 Å². The van der Waals surface area contributed by atoms with Gasteiger partial charge < -0.3 is 10.1 Å². The highest BCUT2D eigenvalue weighted by atomic mass is 35.5. The summed E-state index contributed by atoms with van der Waals surface area (Å²) < 4.78 is 18.9. The number of benzene rings is 2.